The van der Waals surface area contributed by atoms with Crippen LogP contribution in [-0.2, 0) is 0 Å². The first-order valence-corrected chi connectivity index (χ1v) is 9.25. The number of nitrogens with one attached hydrogen (secondary N) is 2. The molecule has 1 heterocycles. The van der Waals surface area contributed by atoms with Gasteiger partial charge in [0.1, 0.15) is 0 Å². The number of likely N-dealkylation sites (N-methyl/N-ethyl adjacent to an activating group) is 1. The van der Waals surface area contributed by atoms with Gasteiger partial charge < -0.3 is 10.2 Å². The number of carbonyl (C=O) groups is 1. The van der Waals surface area contributed by atoms with Gasteiger partial charge in [0, 0.05) is 12.1 Å². The van der Waals surface area contributed by atoms with Crippen LogP contribution >= 0.6 is 15.9 Å². The van der Waals surface area contributed by atoms with E-state index >= 15 is 0 Å². The molecule has 1 aromatic heterocycles. The molecule has 23 heavy (non-hydrogen) atoms. The summed E-state index contributed by atoms with van der Waals surface area (Å²) in [5.41, 5.74) is 1.46. The minimum Gasteiger partial charge on any atom is -0.349 e. The number of aromatic amines is 1. The van der Waals surface area contributed by atoms with E-state index in [0.717, 1.165) is 23.0 Å². The Kier molecular flexibility index (Phi) is 5.89. The Bertz CT molecular complexity index is 555. The molecule has 0 radical (unpaired) electrons. The van der Waals surface area contributed by atoms with Crippen LogP contribution in [0, 0.1) is 5.92 Å². The smallest absolute Gasteiger partial charge is 0.273 e. The molecule has 0 bridgehead atoms. The molecule has 1 aliphatic carbocycles. The van der Waals surface area contributed by atoms with Gasteiger partial charge in [-0.2, -0.15) is 5.10 Å². The van der Waals surface area contributed by atoms with Gasteiger partial charge in [0.25, 0.3) is 5.91 Å². The van der Waals surface area contributed by atoms with E-state index in [1.165, 1.54) is 12.8 Å². The summed E-state index contributed by atoms with van der Waals surface area (Å²) in [6, 6.07) is 0. The molecule has 0 spiro atoms. The fourth-order valence-corrected chi connectivity index (χ4v) is 4.38. The van der Waals surface area contributed by atoms with Crippen molar-refractivity contribution in [3.8, 4) is 0 Å². The van der Waals surface area contributed by atoms with Crippen LogP contribution in [0.3, 0.4) is 0 Å². The van der Waals surface area contributed by atoms with Gasteiger partial charge in [-0.1, -0.05) is 33.6 Å². The number of aromatic nitrogens is 2. The van der Waals surface area contributed by atoms with Crippen LogP contribution in [0.15, 0.2) is 4.47 Å². The Balaban J connectivity index is 2.08. The quantitative estimate of drug-likeness (QED) is 0.815. The molecule has 2 atom stereocenters. The maximum absolute atomic E-state index is 12.5. The molecule has 2 rings (SSSR count). The highest BCUT2D eigenvalue weighted by Gasteiger charge is 2.37. The van der Waals surface area contributed by atoms with Crippen molar-refractivity contribution in [3.63, 3.8) is 0 Å². The number of hydrogen-bond acceptors (Lipinski definition) is 3. The fourth-order valence-electron chi connectivity index (χ4n) is 3.56. The second kappa shape index (κ2) is 7.34. The van der Waals surface area contributed by atoms with Gasteiger partial charge in [-0.15, -0.1) is 0 Å². The zero-order valence-electron chi connectivity index (χ0n) is 14.9. The van der Waals surface area contributed by atoms with E-state index in [1.54, 1.807) is 0 Å². The molecular weight excluding hydrogens is 356 g/mol. The van der Waals surface area contributed by atoms with Gasteiger partial charge in [-0.25, -0.2) is 0 Å². The summed E-state index contributed by atoms with van der Waals surface area (Å²) in [4.78, 5) is 14.8. The van der Waals surface area contributed by atoms with Gasteiger partial charge in [0.05, 0.1) is 10.2 Å². The predicted molar refractivity (Wildman–Crippen MR) is 96.8 cm³/mol. The Labute approximate surface area is 147 Å². The molecule has 0 saturated heterocycles. The third kappa shape index (κ3) is 3.97. The molecule has 0 aliphatic heterocycles. The first kappa shape index (κ1) is 18.5. The number of halogens is 1. The SMILES string of the molecule is CC1CCCC(CNC(=O)c2n[nH]c(C(C)C)c2Br)(N(C)C)C1. The lowest BCUT2D eigenvalue weighted by atomic mass is 9.75. The molecule has 6 heteroatoms. The highest BCUT2D eigenvalue weighted by molar-refractivity contribution is 9.10. The fraction of sp³-hybridized carbons (Fsp3) is 0.765. The van der Waals surface area contributed by atoms with Crippen LogP contribution in [0.1, 0.15) is 68.6 Å². The topological polar surface area (TPSA) is 61.0 Å². The molecule has 1 fully saturated rings. The first-order chi connectivity index (χ1) is 10.8. The Hall–Kier alpha value is -0.880. The van der Waals surface area contributed by atoms with Crippen molar-refractivity contribution in [3.05, 3.63) is 15.9 Å². The predicted octanol–water partition coefficient (Wildman–Crippen LogP) is 3.54. The third-order valence-electron chi connectivity index (χ3n) is 5.12. The molecule has 2 unspecified atom stereocenters. The van der Waals surface area contributed by atoms with Gasteiger partial charge in [0.2, 0.25) is 0 Å². The van der Waals surface area contributed by atoms with Gasteiger partial charge >= 0.3 is 0 Å². The monoisotopic (exact) mass is 384 g/mol. The number of nitrogens with zero attached hydrogens (tertiary/aromatic N) is 2. The molecule has 1 amide bonds. The molecule has 2 N–H and O–H groups in total. The normalized spacial score (nSPS) is 25.1. The molecule has 1 aromatic rings. The highest BCUT2D eigenvalue weighted by Crippen LogP contribution is 2.35. The highest BCUT2D eigenvalue weighted by atomic mass is 79.9. The van der Waals surface area contributed by atoms with Crippen LogP contribution in [0.25, 0.3) is 0 Å². The number of amides is 1. The second-order valence-corrected chi connectivity index (χ2v) is 8.25. The van der Waals surface area contributed by atoms with Crippen LogP contribution in [-0.4, -0.2) is 47.2 Å². The lowest BCUT2D eigenvalue weighted by Gasteiger charge is -2.45. The summed E-state index contributed by atoms with van der Waals surface area (Å²) >= 11 is 3.51. The van der Waals surface area contributed by atoms with Gasteiger partial charge in [-0.3, -0.25) is 9.89 Å². The average Bonchev–Trinajstić information content (AvgIpc) is 2.86. The zero-order chi connectivity index (χ0) is 17.2. The van der Waals surface area contributed by atoms with Crippen molar-refractivity contribution in [1.29, 1.82) is 0 Å². The van der Waals surface area contributed by atoms with Gasteiger partial charge in [0.15, 0.2) is 5.69 Å². The van der Waals surface area contributed by atoms with Crippen molar-refractivity contribution in [2.75, 3.05) is 20.6 Å². The lowest BCUT2D eigenvalue weighted by Crippen LogP contribution is -2.55. The standard InChI is InChI=1S/C17H29BrN4O/c1-11(2)14-13(18)15(21-20-14)16(23)19-10-17(22(4)5)8-6-7-12(3)9-17/h11-12H,6-10H2,1-5H3,(H,19,23)(H,20,21). The Morgan fingerprint density at radius 3 is 2.74 bits per heavy atom. The van der Waals surface area contributed by atoms with Gasteiger partial charge in [-0.05, 0) is 54.7 Å². The van der Waals surface area contributed by atoms with E-state index < -0.39 is 0 Å². The summed E-state index contributed by atoms with van der Waals surface area (Å²) in [5, 5.41) is 10.3. The summed E-state index contributed by atoms with van der Waals surface area (Å²) in [5.74, 6) is 0.887. The second-order valence-electron chi connectivity index (χ2n) is 7.46. The number of H-pyrrole nitrogens is 1. The van der Waals surface area contributed by atoms with Crippen molar-refractivity contribution in [2.45, 2.75) is 57.9 Å². The van der Waals surface area contributed by atoms with Crippen LogP contribution in [0.2, 0.25) is 0 Å². The minimum absolute atomic E-state index is 0.0526. The maximum Gasteiger partial charge on any atom is 0.273 e. The zero-order valence-corrected chi connectivity index (χ0v) is 16.5. The third-order valence-corrected chi connectivity index (χ3v) is 5.92. The summed E-state index contributed by atoms with van der Waals surface area (Å²) in [6.07, 6.45) is 4.76. The van der Waals surface area contributed by atoms with E-state index in [9.17, 15) is 4.79 Å². The summed E-state index contributed by atoms with van der Waals surface area (Å²) in [6.45, 7) is 7.12. The van der Waals surface area contributed by atoms with Crippen molar-refractivity contribution in [1.82, 2.24) is 20.4 Å². The van der Waals surface area contributed by atoms with Crippen LogP contribution in [0.5, 0.6) is 0 Å². The van der Waals surface area contributed by atoms with E-state index in [1.807, 2.05) is 0 Å². The largest absolute Gasteiger partial charge is 0.349 e. The Morgan fingerprint density at radius 2 is 2.22 bits per heavy atom. The summed E-state index contributed by atoms with van der Waals surface area (Å²) in [7, 11) is 4.23. The summed E-state index contributed by atoms with van der Waals surface area (Å²) < 4.78 is 0.779. The maximum atomic E-state index is 12.5. The molecule has 130 valence electrons. The van der Waals surface area contributed by atoms with Crippen LogP contribution in [0.4, 0.5) is 0 Å². The van der Waals surface area contributed by atoms with E-state index in [4.69, 9.17) is 0 Å². The molecule has 0 aromatic carbocycles. The van der Waals surface area contributed by atoms with E-state index in [2.05, 4.69) is 71.2 Å². The van der Waals surface area contributed by atoms with E-state index in [-0.39, 0.29) is 11.4 Å². The number of rotatable bonds is 5. The van der Waals surface area contributed by atoms with Crippen molar-refractivity contribution < 1.29 is 4.79 Å². The van der Waals surface area contributed by atoms with Crippen molar-refractivity contribution in [2.24, 2.45) is 5.92 Å². The number of carbonyl (C=O) groups excluding carboxylic acids is 1. The number of hydrogen-bond donors (Lipinski definition) is 2. The Morgan fingerprint density at radius 1 is 1.52 bits per heavy atom. The van der Waals surface area contributed by atoms with Crippen LogP contribution < -0.4 is 5.32 Å². The lowest BCUT2D eigenvalue weighted by molar-refractivity contribution is 0.0672. The van der Waals surface area contributed by atoms with E-state index in [0.29, 0.717) is 24.1 Å². The van der Waals surface area contributed by atoms with Crippen molar-refractivity contribution >= 4 is 21.8 Å². The molecule has 5 nitrogen and oxygen atoms in total. The molecule has 1 saturated carbocycles. The molecule has 1 aliphatic rings. The average molecular weight is 385 g/mol. The first-order valence-electron chi connectivity index (χ1n) is 8.46. The minimum atomic E-state index is -0.112. The molecular formula is C17H29BrN4O.